The average Bonchev–Trinajstić information content (AvgIpc) is 2.65. The van der Waals surface area contributed by atoms with Crippen molar-refractivity contribution >= 4 is 5.91 Å². The summed E-state index contributed by atoms with van der Waals surface area (Å²) in [4.78, 5) is 16.6. The average molecular weight is 370 g/mol. The Labute approximate surface area is 161 Å². The van der Waals surface area contributed by atoms with Crippen LogP contribution in [0.15, 0.2) is 0 Å². The van der Waals surface area contributed by atoms with Gasteiger partial charge in [-0.3, -0.25) is 9.69 Å². The van der Waals surface area contributed by atoms with Gasteiger partial charge in [0.1, 0.15) is 0 Å². The minimum atomic E-state index is 0.223. The molecule has 0 aliphatic carbocycles. The summed E-state index contributed by atoms with van der Waals surface area (Å²) in [5.41, 5.74) is 0. The lowest BCUT2D eigenvalue weighted by molar-refractivity contribution is -0.121. The summed E-state index contributed by atoms with van der Waals surface area (Å²) in [6.45, 7) is 9.41. The van der Waals surface area contributed by atoms with Gasteiger partial charge in [0.2, 0.25) is 5.91 Å². The van der Waals surface area contributed by atoms with E-state index in [-0.39, 0.29) is 12.5 Å². The third-order valence-corrected chi connectivity index (χ3v) is 5.36. The molecule has 2 N–H and O–H groups in total. The molecule has 1 rings (SSSR count). The molecule has 0 atom stereocenters. The highest BCUT2D eigenvalue weighted by molar-refractivity contribution is 5.75. The topological polar surface area (TPSA) is 55.8 Å². The molecule has 26 heavy (non-hydrogen) atoms. The molecule has 154 valence electrons. The van der Waals surface area contributed by atoms with Crippen LogP contribution in [0.3, 0.4) is 0 Å². The van der Waals surface area contributed by atoms with E-state index >= 15 is 0 Å². The van der Waals surface area contributed by atoms with Crippen molar-refractivity contribution in [3.8, 4) is 0 Å². The molecule has 0 aromatic rings. The summed E-state index contributed by atoms with van der Waals surface area (Å²) in [6.07, 6.45) is 13.4. The van der Waals surface area contributed by atoms with Gasteiger partial charge in [-0.15, -0.1) is 0 Å². The lowest BCUT2D eigenvalue weighted by atomic mass is 10.1. The molecule has 0 aromatic carbocycles. The zero-order chi connectivity index (χ0) is 18.9. The molecular weight excluding hydrogens is 326 g/mol. The molecule has 1 amide bonds. The van der Waals surface area contributed by atoms with Crippen LogP contribution in [0.4, 0.5) is 0 Å². The second kappa shape index (κ2) is 16.5. The maximum Gasteiger partial charge on any atom is 0.219 e. The largest absolute Gasteiger partial charge is 0.395 e. The minimum absolute atomic E-state index is 0.223. The van der Waals surface area contributed by atoms with Gasteiger partial charge < -0.3 is 15.3 Å². The maximum atomic E-state index is 11.9. The van der Waals surface area contributed by atoms with E-state index in [0.717, 1.165) is 58.7 Å². The van der Waals surface area contributed by atoms with Crippen molar-refractivity contribution in [2.24, 2.45) is 0 Å². The molecule has 1 aliphatic heterocycles. The Hall–Kier alpha value is -0.650. The van der Waals surface area contributed by atoms with Crippen LogP contribution in [-0.4, -0.2) is 73.2 Å². The van der Waals surface area contributed by atoms with Gasteiger partial charge in [-0.2, -0.15) is 0 Å². The molecule has 0 spiro atoms. The molecule has 5 heteroatoms. The first kappa shape index (κ1) is 23.4. The number of aliphatic hydroxyl groups excluding tert-OH is 1. The number of carbonyl (C=O) groups excluding carboxylic acids is 1. The molecule has 5 nitrogen and oxygen atoms in total. The second-order valence-electron chi connectivity index (χ2n) is 7.69. The number of aliphatic hydroxyl groups is 1. The lowest BCUT2D eigenvalue weighted by Gasteiger charge is -2.34. The molecule has 0 radical (unpaired) electrons. The Morgan fingerprint density at radius 2 is 1.35 bits per heavy atom. The summed E-state index contributed by atoms with van der Waals surface area (Å²) < 4.78 is 0. The number of unbranched alkanes of at least 4 members (excludes halogenated alkanes) is 8. The fraction of sp³-hybridized carbons (Fsp3) is 0.952. The monoisotopic (exact) mass is 369 g/mol. The van der Waals surface area contributed by atoms with Gasteiger partial charge in [0.05, 0.1) is 6.61 Å². The van der Waals surface area contributed by atoms with Crippen LogP contribution in [0.1, 0.15) is 77.6 Å². The van der Waals surface area contributed by atoms with Crippen molar-refractivity contribution in [3.05, 3.63) is 0 Å². The maximum absolute atomic E-state index is 11.9. The number of nitrogens with one attached hydrogen (secondary N) is 1. The van der Waals surface area contributed by atoms with Crippen LogP contribution < -0.4 is 5.32 Å². The SMILES string of the molecule is CCCCCCCCCCCC(=O)NCCCN1CCN(CCO)CC1. The molecule has 1 heterocycles. The Kier molecular flexibility index (Phi) is 14.9. The quantitative estimate of drug-likeness (QED) is 0.411. The molecule has 1 saturated heterocycles. The van der Waals surface area contributed by atoms with Crippen LogP contribution in [-0.2, 0) is 4.79 Å². The number of β-amino-alcohol motifs (C(OH)–C–C–N with tert-alkyl or cyclic N) is 1. The predicted molar refractivity (Wildman–Crippen MR) is 109 cm³/mol. The van der Waals surface area contributed by atoms with E-state index in [9.17, 15) is 4.79 Å². The van der Waals surface area contributed by atoms with Gasteiger partial charge in [0.25, 0.3) is 0 Å². The molecule has 0 aromatic heterocycles. The van der Waals surface area contributed by atoms with Crippen LogP contribution in [0.2, 0.25) is 0 Å². The molecule has 0 bridgehead atoms. The molecular formula is C21H43N3O2. The smallest absolute Gasteiger partial charge is 0.219 e. The summed E-state index contributed by atoms with van der Waals surface area (Å²) in [6, 6.07) is 0. The van der Waals surface area contributed by atoms with E-state index in [1.165, 1.54) is 51.4 Å². The molecule has 1 aliphatic rings. The van der Waals surface area contributed by atoms with E-state index in [0.29, 0.717) is 6.42 Å². The minimum Gasteiger partial charge on any atom is -0.395 e. The first-order valence-corrected chi connectivity index (χ1v) is 11.1. The number of piperazine rings is 1. The van der Waals surface area contributed by atoms with Crippen molar-refractivity contribution in [3.63, 3.8) is 0 Å². The number of rotatable bonds is 16. The molecule has 1 fully saturated rings. The number of hydrogen-bond donors (Lipinski definition) is 2. The van der Waals surface area contributed by atoms with E-state index in [1.807, 2.05) is 0 Å². The Bertz CT molecular complexity index is 331. The first-order valence-electron chi connectivity index (χ1n) is 11.1. The molecule has 0 saturated carbocycles. The highest BCUT2D eigenvalue weighted by Crippen LogP contribution is 2.10. The van der Waals surface area contributed by atoms with Gasteiger partial charge in [-0.1, -0.05) is 58.3 Å². The van der Waals surface area contributed by atoms with Crippen LogP contribution in [0, 0.1) is 0 Å². The van der Waals surface area contributed by atoms with E-state index in [4.69, 9.17) is 5.11 Å². The van der Waals surface area contributed by atoms with Crippen molar-refractivity contribution in [1.82, 2.24) is 15.1 Å². The summed E-state index contributed by atoms with van der Waals surface area (Å²) >= 11 is 0. The van der Waals surface area contributed by atoms with Crippen LogP contribution in [0.25, 0.3) is 0 Å². The van der Waals surface area contributed by atoms with Gasteiger partial charge in [-0.05, 0) is 19.4 Å². The summed E-state index contributed by atoms with van der Waals surface area (Å²) in [7, 11) is 0. The zero-order valence-corrected chi connectivity index (χ0v) is 17.2. The van der Waals surface area contributed by atoms with Crippen LogP contribution in [0.5, 0.6) is 0 Å². The summed E-state index contributed by atoms with van der Waals surface area (Å²) in [5, 5.41) is 12.0. The Morgan fingerprint density at radius 1 is 0.808 bits per heavy atom. The summed E-state index contributed by atoms with van der Waals surface area (Å²) in [5.74, 6) is 0.223. The third-order valence-electron chi connectivity index (χ3n) is 5.36. The fourth-order valence-electron chi connectivity index (χ4n) is 3.59. The second-order valence-corrected chi connectivity index (χ2v) is 7.69. The number of amides is 1. The van der Waals surface area contributed by atoms with Gasteiger partial charge in [0, 0.05) is 45.7 Å². The van der Waals surface area contributed by atoms with Crippen molar-refractivity contribution in [2.45, 2.75) is 77.6 Å². The number of hydrogen-bond acceptors (Lipinski definition) is 4. The normalized spacial score (nSPS) is 16.1. The van der Waals surface area contributed by atoms with E-state index < -0.39 is 0 Å². The number of carbonyl (C=O) groups is 1. The lowest BCUT2D eigenvalue weighted by Crippen LogP contribution is -2.47. The fourth-order valence-corrected chi connectivity index (χ4v) is 3.59. The van der Waals surface area contributed by atoms with Crippen molar-refractivity contribution in [1.29, 1.82) is 0 Å². The van der Waals surface area contributed by atoms with Crippen molar-refractivity contribution in [2.75, 3.05) is 52.4 Å². The molecule has 0 unspecified atom stereocenters. The predicted octanol–water partition coefficient (Wildman–Crippen LogP) is 3.02. The number of nitrogens with zero attached hydrogens (tertiary/aromatic N) is 2. The van der Waals surface area contributed by atoms with E-state index in [1.54, 1.807) is 0 Å². The van der Waals surface area contributed by atoms with Gasteiger partial charge >= 0.3 is 0 Å². The van der Waals surface area contributed by atoms with Crippen molar-refractivity contribution < 1.29 is 9.90 Å². The van der Waals surface area contributed by atoms with Gasteiger partial charge in [-0.25, -0.2) is 0 Å². The van der Waals surface area contributed by atoms with Gasteiger partial charge in [0.15, 0.2) is 0 Å². The Morgan fingerprint density at radius 3 is 1.92 bits per heavy atom. The highest BCUT2D eigenvalue weighted by atomic mass is 16.3. The first-order chi connectivity index (χ1) is 12.8. The van der Waals surface area contributed by atoms with Crippen LogP contribution >= 0.6 is 0 Å². The zero-order valence-electron chi connectivity index (χ0n) is 17.2. The Balaban J connectivity index is 1.84. The third kappa shape index (κ3) is 12.7. The standard InChI is InChI=1S/C21H43N3O2/c1-2-3-4-5-6-7-8-9-10-12-21(26)22-13-11-14-23-15-17-24(18-16-23)19-20-25/h25H,2-20H2,1H3,(H,22,26). The van der Waals surface area contributed by atoms with E-state index in [2.05, 4.69) is 22.0 Å². The highest BCUT2D eigenvalue weighted by Gasteiger charge is 2.15.